The van der Waals surface area contributed by atoms with Crippen LogP contribution in [-0.4, -0.2) is 28.9 Å². The lowest BCUT2D eigenvalue weighted by Gasteiger charge is -2.11. The summed E-state index contributed by atoms with van der Waals surface area (Å²) in [5, 5.41) is 7.37. The Kier molecular flexibility index (Phi) is 6.11. The molecule has 2 aromatic heterocycles. The first-order chi connectivity index (χ1) is 16.7. The van der Waals surface area contributed by atoms with Crippen LogP contribution in [0, 0.1) is 0 Å². The Balaban J connectivity index is 1.35. The third-order valence-electron chi connectivity index (χ3n) is 5.43. The van der Waals surface area contributed by atoms with Crippen molar-refractivity contribution in [3.63, 3.8) is 0 Å². The number of fused-ring (bicyclic) bond motifs is 1. The van der Waals surface area contributed by atoms with E-state index in [1.54, 1.807) is 42.7 Å². The molecule has 0 bridgehead atoms. The number of furan rings is 1. The number of ether oxygens (including phenoxy) is 2. The van der Waals surface area contributed by atoms with Gasteiger partial charge in [-0.1, -0.05) is 12.1 Å². The SMILES string of the molecule is O=C(NCc1ccco1)c1cccc(Cn2nc(-c3ccc4c(c3)OCCCO4)ccc2=O)c1. The summed E-state index contributed by atoms with van der Waals surface area (Å²) in [7, 11) is 0. The predicted octanol–water partition coefficient (Wildman–Crippen LogP) is 3.64. The van der Waals surface area contributed by atoms with Gasteiger partial charge in [-0.3, -0.25) is 9.59 Å². The topological polar surface area (TPSA) is 95.6 Å². The number of nitrogens with one attached hydrogen (secondary N) is 1. The van der Waals surface area contributed by atoms with Crippen LogP contribution in [0.2, 0.25) is 0 Å². The summed E-state index contributed by atoms with van der Waals surface area (Å²) in [6, 6.07) is 19.5. The second-order valence-electron chi connectivity index (χ2n) is 7.89. The van der Waals surface area contributed by atoms with Gasteiger partial charge in [0.25, 0.3) is 11.5 Å². The van der Waals surface area contributed by atoms with Gasteiger partial charge in [0, 0.05) is 23.6 Å². The quantitative estimate of drug-likeness (QED) is 0.475. The molecule has 4 aromatic rings. The number of hydrogen-bond acceptors (Lipinski definition) is 6. The number of hydrogen-bond donors (Lipinski definition) is 1. The van der Waals surface area contributed by atoms with Crippen LogP contribution >= 0.6 is 0 Å². The van der Waals surface area contributed by atoms with Crippen LogP contribution in [0.15, 0.2) is 82.2 Å². The first-order valence-corrected chi connectivity index (χ1v) is 11.0. The van der Waals surface area contributed by atoms with Gasteiger partial charge < -0.3 is 19.2 Å². The first-order valence-electron chi connectivity index (χ1n) is 11.0. The number of amides is 1. The fraction of sp³-hybridized carbons (Fsp3) is 0.192. The highest BCUT2D eigenvalue weighted by Crippen LogP contribution is 2.33. The molecule has 3 heterocycles. The fourth-order valence-corrected chi connectivity index (χ4v) is 3.71. The zero-order valence-electron chi connectivity index (χ0n) is 18.4. The zero-order chi connectivity index (χ0) is 23.3. The largest absolute Gasteiger partial charge is 0.490 e. The van der Waals surface area contributed by atoms with Gasteiger partial charge in [0.05, 0.1) is 38.3 Å². The van der Waals surface area contributed by atoms with E-state index in [0.29, 0.717) is 48.3 Å². The molecule has 0 atom stereocenters. The second-order valence-corrected chi connectivity index (χ2v) is 7.89. The maximum Gasteiger partial charge on any atom is 0.267 e. The van der Waals surface area contributed by atoms with E-state index in [2.05, 4.69) is 10.4 Å². The summed E-state index contributed by atoms with van der Waals surface area (Å²) >= 11 is 0. The van der Waals surface area contributed by atoms with Crippen LogP contribution in [0.4, 0.5) is 0 Å². The minimum atomic E-state index is -0.231. The van der Waals surface area contributed by atoms with Crippen molar-refractivity contribution in [2.75, 3.05) is 13.2 Å². The molecular weight excluding hydrogens is 434 g/mol. The molecule has 0 saturated carbocycles. The van der Waals surface area contributed by atoms with Crippen molar-refractivity contribution >= 4 is 5.91 Å². The van der Waals surface area contributed by atoms with E-state index < -0.39 is 0 Å². The van der Waals surface area contributed by atoms with Crippen molar-refractivity contribution < 1.29 is 18.7 Å². The third kappa shape index (κ3) is 4.85. The molecule has 172 valence electrons. The number of carbonyl (C=O) groups excluding carboxylic acids is 1. The van der Waals surface area contributed by atoms with Crippen molar-refractivity contribution in [3.8, 4) is 22.8 Å². The Morgan fingerprint density at radius 1 is 0.971 bits per heavy atom. The van der Waals surface area contributed by atoms with Gasteiger partial charge in [-0.15, -0.1) is 0 Å². The normalized spacial score (nSPS) is 12.7. The number of rotatable bonds is 6. The monoisotopic (exact) mass is 457 g/mol. The number of benzene rings is 2. The third-order valence-corrected chi connectivity index (χ3v) is 5.43. The Morgan fingerprint density at radius 3 is 2.71 bits per heavy atom. The van der Waals surface area contributed by atoms with Crippen LogP contribution in [0.25, 0.3) is 11.3 Å². The minimum Gasteiger partial charge on any atom is -0.490 e. The van der Waals surface area contributed by atoms with Crippen LogP contribution in [-0.2, 0) is 13.1 Å². The van der Waals surface area contributed by atoms with E-state index in [1.807, 2.05) is 24.3 Å². The molecule has 8 heteroatoms. The Hall–Kier alpha value is -4.33. The molecule has 0 fully saturated rings. The Labute approximate surface area is 195 Å². The highest BCUT2D eigenvalue weighted by molar-refractivity contribution is 5.94. The smallest absolute Gasteiger partial charge is 0.267 e. The number of nitrogens with zero attached hydrogens (tertiary/aromatic N) is 2. The molecule has 8 nitrogen and oxygen atoms in total. The minimum absolute atomic E-state index is 0.223. The van der Waals surface area contributed by atoms with Crippen molar-refractivity contribution in [1.29, 1.82) is 0 Å². The lowest BCUT2D eigenvalue weighted by atomic mass is 10.1. The molecule has 5 rings (SSSR count). The molecule has 0 saturated heterocycles. The highest BCUT2D eigenvalue weighted by atomic mass is 16.5. The van der Waals surface area contributed by atoms with E-state index in [4.69, 9.17) is 13.9 Å². The summed E-state index contributed by atoms with van der Waals surface area (Å²) in [6.07, 6.45) is 2.39. The summed E-state index contributed by atoms with van der Waals surface area (Å²) in [4.78, 5) is 25.0. The average Bonchev–Trinajstić information content (AvgIpc) is 3.27. The summed E-state index contributed by atoms with van der Waals surface area (Å²) in [5.74, 6) is 1.82. The Bertz CT molecular complexity index is 1360. The van der Waals surface area contributed by atoms with Gasteiger partial charge in [0.15, 0.2) is 11.5 Å². The molecule has 1 N–H and O–H groups in total. The van der Waals surface area contributed by atoms with Crippen LogP contribution in [0.3, 0.4) is 0 Å². The van der Waals surface area contributed by atoms with Gasteiger partial charge in [-0.25, -0.2) is 4.68 Å². The maximum absolute atomic E-state index is 12.5. The second kappa shape index (κ2) is 9.66. The number of aromatic nitrogens is 2. The van der Waals surface area contributed by atoms with Crippen molar-refractivity contribution in [2.45, 2.75) is 19.5 Å². The fourth-order valence-electron chi connectivity index (χ4n) is 3.71. The van der Waals surface area contributed by atoms with E-state index >= 15 is 0 Å². The van der Waals surface area contributed by atoms with E-state index in [1.165, 1.54) is 10.7 Å². The molecule has 34 heavy (non-hydrogen) atoms. The molecule has 0 radical (unpaired) electrons. The first kappa shape index (κ1) is 21.5. The van der Waals surface area contributed by atoms with Crippen molar-refractivity contribution in [2.24, 2.45) is 0 Å². The van der Waals surface area contributed by atoms with Crippen LogP contribution in [0.5, 0.6) is 11.5 Å². The lowest BCUT2D eigenvalue weighted by Crippen LogP contribution is -2.24. The number of carbonyl (C=O) groups is 1. The summed E-state index contributed by atoms with van der Waals surface area (Å²) in [6.45, 7) is 1.75. The molecule has 1 aliphatic heterocycles. The molecule has 1 aliphatic rings. The van der Waals surface area contributed by atoms with Gasteiger partial charge in [0.1, 0.15) is 5.76 Å². The molecule has 2 aromatic carbocycles. The lowest BCUT2D eigenvalue weighted by molar-refractivity contribution is 0.0948. The molecular formula is C26H23N3O5. The van der Waals surface area contributed by atoms with E-state index in [9.17, 15) is 9.59 Å². The zero-order valence-corrected chi connectivity index (χ0v) is 18.4. The van der Waals surface area contributed by atoms with Crippen molar-refractivity contribution in [3.05, 3.63) is 100 Å². The molecule has 0 unspecified atom stereocenters. The van der Waals surface area contributed by atoms with Gasteiger partial charge >= 0.3 is 0 Å². The average molecular weight is 457 g/mol. The van der Waals surface area contributed by atoms with E-state index in [-0.39, 0.29) is 18.0 Å². The Morgan fingerprint density at radius 2 is 1.85 bits per heavy atom. The van der Waals surface area contributed by atoms with Gasteiger partial charge in [0.2, 0.25) is 0 Å². The highest BCUT2D eigenvalue weighted by Gasteiger charge is 2.13. The van der Waals surface area contributed by atoms with Crippen molar-refractivity contribution in [1.82, 2.24) is 15.1 Å². The molecule has 0 spiro atoms. The van der Waals surface area contributed by atoms with Gasteiger partial charge in [-0.2, -0.15) is 5.10 Å². The van der Waals surface area contributed by atoms with Crippen LogP contribution in [0.1, 0.15) is 28.1 Å². The molecule has 0 aliphatic carbocycles. The standard InChI is InChI=1S/C26H23N3O5/c30-25-10-8-22(19-7-9-23-24(15-19)34-13-3-12-33-23)28-29(25)17-18-4-1-5-20(14-18)26(31)27-16-21-6-2-11-32-21/h1-2,4-11,14-15H,3,12-13,16-17H2,(H,27,31). The van der Waals surface area contributed by atoms with E-state index in [0.717, 1.165) is 17.5 Å². The predicted molar refractivity (Wildman–Crippen MR) is 125 cm³/mol. The van der Waals surface area contributed by atoms with Crippen LogP contribution < -0.4 is 20.3 Å². The summed E-state index contributed by atoms with van der Waals surface area (Å²) < 4.78 is 18.1. The maximum atomic E-state index is 12.5. The summed E-state index contributed by atoms with van der Waals surface area (Å²) in [5.41, 5.74) is 2.52. The van der Waals surface area contributed by atoms with Gasteiger partial charge in [-0.05, 0) is 54.1 Å². The molecule has 1 amide bonds.